The first kappa shape index (κ1) is 22.0. The van der Waals surface area contributed by atoms with Crippen LogP contribution < -0.4 is 16.5 Å². The first-order valence-corrected chi connectivity index (χ1v) is 10.3. The Kier molecular flexibility index (Phi) is 7.74. The van der Waals surface area contributed by atoms with Crippen LogP contribution in [0.25, 0.3) is 11.2 Å². The highest BCUT2D eigenvalue weighted by Crippen LogP contribution is 2.06. The minimum Gasteiger partial charge on any atom is -0.465 e. The summed E-state index contributed by atoms with van der Waals surface area (Å²) in [6.07, 6.45) is 5.86. The number of H-pyrrole nitrogens is 2. The molecule has 0 aliphatic carbocycles. The monoisotopic (exact) mass is 425 g/mol. The van der Waals surface area contributed by atoms with Gasteiger partial charge in [0.05, 0.1) is 6.33 Å². The number of rotatable bonds is 10. The maximum Gasteiger partial charge on any atom is 0.404 e. The van der Waals surface area contributed by atoms with Crippen LogP contribution in [0.3, 0.4) is 0 Å². The number of carbonyl (C=O) groups is 1. The fourth-order valence-electron chi connectivity index (χ4n) is 3.34. The molecule has 10 nitrogen and oxygen atoms in total. The van der Waals surface area contributed by atoms with Gasteiger partial charge in [0.2, 0.25) is 5.62 Å². The molecule has 0 fully saturated rings. The van der Waals surface area contributed by atoms with Crippen LogP contribution in [-0.4, -0.2) is 43.0 Å². The van der Waals surface area contributed by atoms with Crippen LogP contribution in [0, 0.1) is 0 Å². The number of fused-ring (bicyclic) bond motifs is 1. The second-order valence-corrected chi connectivity index (χ2v) is 7.21. The summed E-state index contributed by atoms with van der Waals surface area (Å²) >= 11 is 0. The van der Waals surface area contributed by atoms with Crippen LogP contribution in [0.4, 0.5) is 4.79 Å². The number of benzene rings is 1. The highest BCUT2D eigenvalue weighted by molar-refractivity contribution is 5.68. The molecule has 164 valence electrons. The summed E-state index contributed by atoms with van der Waals surface area (Å²) in [4.78, 5) is 33.3. The van der Waals surface area contributed by atoms with E-state index in [1.165, 1.54) is 6.33 Å². The molecule has 0 saturated heterocycles. The Morgan fingerprint density at radius 3 is 2.87 bits per heavy atom. The Morgan fingerprint density at radius 1 is 1.32 bits per heavy atom. The summed E-state index contributed by atoms with van der Waals surface area (Å²) in [5, 5.41) is 19.9. The number of hydrogen-bond acceptors (Lipinski definition) is 5. The third-order valence-corrected chi connectivity index (χ3v) is 4.84. The lowest BCUT2D eigenvalue weighted by molar-refractivity contribution is 0.190. The van der Waals surface area contributed by atoms with Crippen LogP contribution in [0.5, 0.6) is 0 Å². The zero-order valence-corrected chi connectivity index (χ0v) is 17.4. The van der Waals surface area contributed by atoms with Gasteiger partial charge in [-0.25, -0.2) is 9.78 Å². The predicted molar refractivity (Wildman–Crippen MR) is 118 cm³/mol. The quantitative estimate of drug-likeness (QED) is 0.225. The summed E-state index contributed by atoms with van der Waals surface area (Å²) in [6, 6.07) is 9.28. The van der Waals surface area contributed by atoms with E-state index in [9.17, 15) is 9.59 Å². The molecule has 31 heavy (non-hydrogen) atoms. The lowest BCUT2D eigenvalue weighted by Crippen LogP contribution is -2.35. The smallest absolute Gasteiger partial charge is 0.404 e. The molecule has 0 aliphatic rings. The topological polar surface area (TPSA) is 141 Å². The Balaban J connectivity index is 1.80. The van der Waals surface area contributed by atoms with Crippen molar-refractivity contribution in [2.75, 3.05) is 0 Å². The van der Waals surface area contributed by atoms with E-state index < -0.39 is 6.09 Å². The largest absolute Gasteiger partial charge is 0.465 e. The molecule has 0 aliphatic heterocycles. The van der Waals surface area contributed by atoms with E-state index in [0.717, 1.165) is 24.8 Å². The number of aromatic amines is 2. The molecule has 1 amide bonds. The van der Waals surface area contributed by atoms with E-state index in [1.54, 1.807) is 6.21 Å². The van der Waals surface area contributed by atoms with E-state index in [0.29, 0.717) is 36.2 Å². The molecule has 1 aromatic carbocycles. The van der Waals surface area contributed by atoms with Crippen molar-refractivity contribution >= 4 is 23.5 Å². The van der Waals surface area contributed by atoms with Crippen LogP contribution in [0.2, 0.25) is 0 Å². The van der Waals surface area contributed by atoms with Crippen molar-refractivity contribution in [3.63, 3.8) is 0 Å². The molecule has 2 aromatic heterocycles. The molecule has 4 N–H and O–H groups in total. The van der Waals surface area contributed by atoms with E-state index in [2.05, 4.69) is 37.4 Å². The van der Waals surface area contributed by atoms with Gasteiger partial charge >= 0.3 is 6.09 Å². The van der Waals surface area contributed by atoms with Crippen molar-refractivity contribution < 1.29 is 9.90 Å². The van der Waals surface area contributed by atoms with Gasteiger partial charge in [-0.3, -0.25) is 14.3 Å². The lowest BCUT2D eigenvalue weighted by Gasteiger charge is -2.14. The number of unbranched alkanes of at least 4 members (excludes halogenated alkanes) is 2. The van der Waals surface area contributed by atoms with E-state index in [4.69, 9.17) is 5.11 Å². The fraction of sp³-hybridized carbons (Fsp3) is 0.381. The second kappa shape index (κ2) is 10.9. The van der Waals surface area contributed by atoms with Crippen LogP contribution in [0.15, 0.2) is 51.7 Å². The average molecular weight is 425 g/mol. The van der Waals surface area contributed by atoms with Gasteiger partial charge in [-0.2, -0.15) is 5.10 Å². The highest BCUT2D eigenvalue weighted by atomic mass is 16.4. The Labute approximate surface area is 178 Å². The van der Waals surface area contributed by atoms with Gasteiger partial charge in [0, 0.05) is 25.2 Å². The molecule has 10 heteroatoms. The molecule has 1 unspecified atom stereocenters. The molecule has 2 heterocycles. The maximum atomic E-state index is 12.3. The highest BCUT2D eigenvalue weighted by Gasteiger charge is 2.11. The average Bonchev–Trinajstić information content (AvgIpc) is 3.24. The van der Waals surface area contributed by atoms with Gasteiger partial charge in [0.1, 0.15) is 5.52 Å². The third kappa shape index (κ3) is 6.14. The number of amides is 1. The summed E-state index contributed by atoms with van der Waals surface area (Å²) in [5.41, 5.74) is 1.94. The Hall–Kier alpha value is -3.69. The number of aryl methyl sites for hydroxylation is 1. The molecule has 3 aromatic rings. The minimum absolute atomic E-state index is 0.308. The minimum atomic E-state index is -1.09. The van der Waals surface area contributed by atoms with Gasteiger partial charge in [-0.1, -0.05) is 50.1 Å². The number of nitrogens with zero attached hydrogens (tertiary/aromatic N) is 4. The van der Waals surface area contributed by atoms with Gasteiger partial charge in [-0.05, 0) is 18.4 Å². The molecular formula is C21H27N7O3. The van der Waals surface area contributed by atoms with Crippen molar-refractivity contribution in [2.24, 2.45) is 10.2 Å². The van der Waals surface area contributed by atoms with Gasteiger partial charge in [0.15, 0.2) is 5.65 Å². The molecular weight excluding hydrogens is 398 g/mol. The molecule has 0 radical (unpaired) electrons. The van der Waals surface area contributed by atoms with Crippen LogP contribution >= 0.6 is 0 Å². The first-order chi connectivity index (χ1) is 15.1. The molecule has 1 atom stereocenters. The first-order valence-electron chi connectivity index (χ1n) is 10.3. The SMILES string of the molecule is CCCCCn1c(=NN=CCC(Cc2ccccc2)NC(=O)O)[nH]c(=O)c2[nH]cnc21. The third-order valence-electron chi connectivity index (χ3n) is 4.84. The fourth-order valence-corrected chi connectivity index (χ4v) is 3.34. The van der Waals surface area contributed by atoms with Crippen LogP contribution in [-0.2, 0) is 13.0 Å². The summed E-state index contributed by atoms with van der Waals surface area (Å²) in [6.45, 7) is 2.77. The number of hydrogen-bond donors (Lipinski definition) is 4. The Morgan fingerprint density at radius 2 is 2.13 bits per heavy atom. The van der Waals surface area contributed by atoms with Gasteiger partial charge in [0.25, 0.3) is 5.56 Å². The van der Waals surface area contributed by atoms with E-state index in [1.807, 2.05) is 34.9 Å². The number of imidazole rings is 1. The van der Waals surface area contributed by atoms with Crippen molar-refractivity contribution in [1.82, 2.24) is 24.8 Å². The zero-order chi connectivity index (χ0) is 22.1. The lowest BCUT2D eigenvalue weighted by atomic mass is 10.0. The Bertz CT molecular complexity index is 1140. The van der Waals surface area contributed by atoms with Crippen molar-refractivity contribution in [3.05, 3.63) is 58.2 Å². The van der Waals surface area contributed by atoms with Crippen LogP contribution in [0.1, 0.15) is 38.2 Å². The van der Waals surface area contributed by atoms with E-state index >= 15 is 0 Å². The zero-order valence-electron chi connectivity index (χ0n) is 17.4. The van der Waals surface area contributed by atoms with E-state index in [-0.39, 0.29) is 11.6 Å². The number of carboxylic acid groups (broad SMARTS) is 1. The normalized spacial score (nSPS) is 13.1. The van der Waals surface area contributed by atoms with Gasteiger partial charge < -0.3 is 15.4 Å². The van der Waals surface area contributed by atoms with Crippen molar-refractivity contribution in [3.8, 4) is 0 Å². The molecule has 3 rings (SSSR count). The summed E-state index contributed by atoms with van der Waals surface area (Å²) < 4.78 is 1.83. The van der Waals surface area contributed by atoms with Crippen molar-refractivity contribution in [1.29, 1.82) is 0 Å². The molecule has 0 spiro atoms. The maximum absolute atomic E-state index is 12.3. The summed E-state index contributed by atoms with van der Waals surface area (Å²) in [5.74, 6) is 0. The number of nitrogens with one attached hydrogen (secondary N) is 3. The summed E-state index contributed by atoms with van der Waals surface area (Å²) in [7, 11) is 0. The van der Waals surface area contributed by atoms with Crippen molar-refractivity contribution in [2.45, 2.75) is 51.6 Å². The molecule has 0 saturated carbocycles. The second-order valence-electron chi connectivity index (χ2n) is 7.21. The molecule has 0 bridgehead atoms. The number of aromatic nitrogens is 4. The predicted octanol–water partition coefficient (Wildman–Crippen LogP) is 2.40. The standard InChI is InChI=1S/C21H27N7O3/c1-2-3-7-12-28-18-17(22-14-23-18)19(29)26-20(28)27-24-11-10-16(25-21(30)31)13-15-8-5-4-6-9-15/h4-6,8-9,11,14,16,25H,2-3,7,10,12-13H2,1H3,(H,22,23)(H,30,31)(H,26,27,29). The van der Waals surface area contributed by atoms with Gasteiger partial charge in [-0.15, -0.1) is 5.10 Å².